The van der Waals surface area contributed by atoms with E-state index >= 15 is 0 Å². The molecule has 0 saturated carbocycles. The van der Waals surface area contributed by atoms with E-state index in [1.807, 2.05) is 0 Å². The maximum Gasteiger partial charge on any atom is 0.273 e. The molecular formula is C12H11N3O2S. The molecule has 0 atom stereocenters. The number of thiocarbonyl (C=S) groups is 1. The van der Waals surface area contributed by atoms with Crippen molar-refractivity contribution >= 4 is 40.9 Å². The SMILES string of the molecule is CC(=O)Nc1ccc(/C=C2\NC(=S)NC2=O)cc1. The van der Waals surface area contributed by atoms with Gasteiger partial charge in [0.1, 0.15) is 5.70 Å². The molecule has 0 spiro atoms. The van der Waals surface area contributed by atoms with Gasteiger partial charge in [0, 0.05) is 12.6 Å². The number of nitrogens with one attached hydrogen (secondary N) is 3. The molecule has 1 heterocycles. The van der Waals surface area contributed by atoms with Crippen LogP contribution in [-0.2, 0) is 9.59 Å². The Labute approximate surface area is 109 Å². The Hall–Kier alpha value is -2.21. The molecule has 0 bridgehead atoms. The topological polar surface area (TPSA) is 70.2 Å². The van der Waals surface area contributed by atoms with E-state index in [0.29, 0.717) is 16.5 Å². The zero-order valence-corrected chi connectivity index (χ0v) is 10.4. The van der Waals surface area contributed by atoms with Crippen LogP contribution in [0, 0.1) is 0 Å². The predicted octanol–water partition coefficient (Wildman–Crippen LogP) is 0.990. The molecule has 6 heteroatoms. The summed E-state index contributed by atoms with van der Waals surface area (Å²) in [6.07, 6.45) is 1.69. The molecule has 1 aliphatic rings. The number of anilines is 1. The van der Waals surface area contributed by atoms with E-state index in [2.05, 4.69) is 16.0 Å². The molecule has 1 fully saturated rings. The number of carbonyl (C=O) groups is 2. The normalized spacial score (nSPS) is 16.4. The van der Waals surface area contributed by atoms with Crippen molar-refractivity contribution in [2.24, 2.45) is 0 Å². The van der Waals surface area contributed by atoms with Gasteiger partial charge in [-0.05, 0) is 36.0 Å². The smallest absolute Gasteiger partial charge is 0.273 e. The molecule has 5 nitrogen and oxygen atoms in total. The summed E-state index contributed by atoms with van der Waals surface area (Å²) in [6, 6.07) is 7.13. The van der Waals surface area contributed by atoms with Crippen LogP contribution in [0.4, 0.5) is 5.69 Å². The van der Waals surface area contributed by atoms with Gasteiger partial charge < -0.3 is 10.6 Å². The highest BCUT2D eigenvalue weighted by atomic mass is 32.1. The maximum atomic E-state index is 11.4. The highest BCUT2D eigenvalue weighted by Gasteiger charge is 2.19. The quantitative estimate of drug-likeness (QED) is 0.548. The monoisotopic (exact) mass is 261 g/mol. The first-order chi connectivity index (χ1) is 8.54. The van der Waals surface area contributed by atoms with Gasteiger partial charge in [0.15, 0.2) is 5.11 Å². The van der Waals surface area contributed by atoms with Crippen molar-refractivity contribution in [1.29, 1.82) is 0 Å². The fourth-order valence-electron chi connectivity index (χ4n) is 1.52. The predicted molar refractivity (Wildman–Crippen MR) is 72.6 cm³/mol. The van der Waals surface area contributed by atoms with E-state index in [1.165, 1.54) is 6.92 Å². The Bertz CT molecular complexity index is 549. The van der Waals surface area contributed by atoms with Crippen LogP contribution < -0.4 is 16.0 Å². The van der Waals surface area contributed by atoms with Gasteiger partial charge in [0.2, 0.25) is 5.91 Å². The van der Waals surface area contributed by atoms with Gasteiger partial charge in [-0.25, -0.2) is 0 Å². The molecule has 3 N–H and O–H groups in total. The Morgan fingerprint density at radius 1 is 1.28 bits per heavy atom. The lowest BCUT2D eigenvalue weighted by Gasteiger charge is -2.02. The molecule has 1 aliphatic heterocycles. The van der Waals surface area contributed by atoms with E-state index in [-0.39, 0.29) is 11.8 Å². The molecular weight excluding hydrogens is 250 g/mol. The summed E-state index contributed by atoms with van der Waals surface area (Å²) in [5.74, 6) is -0.366. The highest BCUT2D eigenvalue weighted by molar-refractivity contribution is 7.80. The van der Waals surface area contributed by atoms with Crippen LogP contribution >= 0.6 is 12.2 Å². The summed E-state index contributed by atoms with van der Waals surface area (Å²) in [5.41, 5.74) is 1.96. The number of carbonyl (C=O) groups excluding carboxylic acids is 2. The first-order valence-corrected chi connectivity index (χ1v) is 5.67. The fraction of sp³-hybridized carbons (Fsp3) is 0.0833. The minimum Gasteiger partial charge on any atom is -0.328 e. The van der Waals surface area contributed by atoms with Gasteiger partial charge in [-0.1, -0.05) is 12.1 Å². The average molecular weight is 261 g/mol. The van der Waals surface area contributed by atoms with E-state index in [9.17, 15) is 9.59 Å². The molecule has 1 aromatic carbocycles. The Balaban J connectivity index is 2.15. The second kappa shape index (κ2) is 4.97. The van der Waals surface area contributed by atoms with Crippen LogP contribution in [-0.4, -0.2) is 16.9 Å². The van der Waals surface area contributed by atoms with Gasteiger partial charge in [0.05, 0.1) is 0 Å². The molecule has 2 rings (SSSR count). The number of hydrogen-bond donors (Lipinski definition) is 3. The van der Waals surface area contributed by atoms with Crippen molar-refractivity contribution < 1.29 is 9.59 Å². The third-order valence-electron chi connectivity index (χ3n) is 2.26. The first-order valence-electron chi connectivity index (χ1n) is 5.26. The zero-order valence-electron chi connectivity index (χ0n) is 9.61. The van der Waals surface area contributed by atoms with Gasteiger partial charge in [0.25, 0.3) is 5.91 Å². The maximum absolute atomic E-state index is 11.4. The summed E-state index contributed by atoms with van der Waals surface area (Å²) in [6.45, 7) is 1.45. The molecule has 1 aromatic rings. The molecule has 0 radical (unpaired) electrons. The van der Waals surface area contributed by atoms with Crippen LogP contribution in [0.2, 0.25) is 0 Å². The number of rotatable bonds is 2. The summed E-state index contributed by atoms with van der Waals surface area (Å²) in [4.78, 5) is 22.3. The van der Waals surface area contributed by atoms with Gasteiger partial charge in [-0.15, -0.1) is 0 Å². The van der Waals surface area contributed by atoms with Crippen molar-refractivity contribution in [2.45, 2.75) is 6.92 Å². The minimum absolute atomic E-state index is 0.122. The minimum atomic E-state index is -0.245. The molecule has 0 aliphatic carbocycles. The number of hydrogen-bond acceptors (Lipinski definition) is 3. The average Bonchev–Trinajstić information content (AvgIpc) is 2.59. The Morgan fingerprint density at radius 2 is 1.94 bits per heavy atom. The Kier molecular flexibility index (Phi) is 3.38. The van der Waals surface area contributed by atoms with Crippen LogP contribution in [0.15, 0.2) is 30.0 Å². The summed E-state index contributed by atoms with van der Waals surface area (Å²) in [5, 5.41) is 8.21. The van der Waals surface area contributed by atoms with Crippen LogP contribution in [0.5, 0.6) is 0 Å². The lowest BCUT2D eigenvalue weighted by atomic mass is 10.1. The fourth-order valence-corrected chi connectivity index (χ4v) is 1.72. The van der Waals surface area contributed by atoms with Crippen LogP contribution in [0.3, 0.4) is 0 Å². The summed E-state index contributed by atoms with van der Waals surface area (Å²) >= 11 is 4.83. The number of benzene rings is 1. The standard InChI is InChI=1S/C12H11N3O2S/c1-7(16)13-9-4-2-8(3-5-9)6-10-11(17)15-12(18)14-10/h2-6H,1H3,(H,13,16)(H2,14,15,17,18)/b10-6-. The van der Waals surface area contributed by atoms with E-state index < -0.39 is 0 Å². The van der Waals surface area contributed by atoms with Crippen molar-refractivity contribution in [3.63, 3.8) is 0 Å². The summed E-state index contributed by atoms with van der Waals surface area (Å²) in [7, 11) is 0. The van der Waals surface area contributed by atoms with Crippen LogP contribution in [0.1, 0.15) is 12.5 Å². The third-order valence-corrected chi connectivity index (χ3v) is 2.47. The van der Waals surface area contributed by atoms with Crippen molar-refractivity contribution in [3.05, 3.63) is 35.5 Å². The largest absolute Gasteiger partial charge is 0.328 e. The second-order valence-electron chi connectivity index (χ2n) is 3.77. The van der Waals surface area contributed by atoms with Gasteiger partial charge in [-0.2, -0.15) is 0 Å². The Morgan fingerprint density at radius 3 is 2.44 bits per heavy atom. The summed E-state index contributed by atoms with van der Waals surface area (Å²) < 4.78 is 0. The van der Waals surface area contributed by atoms with Crippen LogP contribution in [0.25, 0.3) is 6.08 Å². The van der Waals surface area contributed by atoms with Crippen molar-refractivity contribution in [2.75, 3.05) is 5.32 Å². The molecule has 0 aromatic heterocycles. The van der Waals surface area contributed by atoms with Crippen molar-refractivity contribution in [1.82, 2.24) is 10.6 Å². The second-order valence-corrected chi connectivity index (χ2v) is 4.18. The molecule has 92 valence electrons. The lowest BCUT2D eigenvalue weighted by Crippen LogP contribution is -2.21. The van der Waals surface area contributed by atoms with E-state index in [0.717, 1.165) is 5.56 Å². The lowest BCUT2D eigenvalue weighted by molar-refractivity contribution is -0.115. The van der Waals surface area contributed by atoms with E-state index in [4.69, 9.17) is 12.2 Å². The van der Waals surface area contributed by atoms with Gasteiger partial charge in [-0.3, -0.25) is 14.9 Å². The third kappa shape index (κ3) is 2.92. The zero-order chi connectivity index (χ0) is 13.1. The highest BCUT2D eigenvalue weighted by Crippen LogP contribution is 2.13. The molecule has 2 amide bonds. The first kappa shape index (κ1) is 12.3. The molecule has 18 heavy (non-hydrogen) atoms. The van der Waals surface area contributed by atoms with Gasteiger partial charge >= 0.3 is 0 Å². The number of amides is 2. The van der Waals surface area contributed by atoms with E-state index in [1.54, 1.807) is 30.3 Å². The van der Waals surface area contributed by atoms with Crippen molar-refractivity contribution in [3.8, 4) is 0 Å². The molecule has 1 saturated heterocycles. The molecule has 0 unspecified atom stereocenters.